The lowest BCUT2D eigenvalue weighted by atomic mass is 10.2. The van der Waals surface area contributed by atoms with E-state index in [0.29, 0.717) is 5.56 Å². The molecule has 0 aliphatic heterocycles. The minimum absolute atomic E-state index is 0.0221. The van der Waals surface area contributed by atoms with Crippen molar-refractivity contribution in [2.24, 2.45) is 0 Å². The lowest BCUT2D eigenvalue weighted by Crippen LogP contribution is -2.03. The lowest BCUT2D eigenvalue weighted by molar-refractivity contribution is -0.0494. The Bertz CT molecular complexity index is 431. The van der Waals surface area contributed by atoms with E-state index in [9.17, 15) is 8.78 Å². The topological polar surface area (TPSA) is 48.2 Å². The van der Waals surface area contributed by atoms with E-state index >= 15 is 0 Å². The van der Waals surface area contributed by atoms with Crippen molar-refractivity contribution < 1.29 is 18.0 Å². The van der Waals surface area contributed by atoms with Crippen LogP contribution in [-0.2, 0) is 0 Å². The number of para-hydroxylation sites is 1. The van der Waals surface area contributed by atoms with Crippen LogP contribution in [0.5, 0.6) is 5.75 Å². The highest BCUT2D eigenvalue weighted by atomic mass is 19.3. The molecule has 1 heterocycles. The Morgan fingerprint density at radius 2 is 2.07 bits per heavy atom. The Balaban J connectivity index is 2.38. The largest absolute Gasteiger partial charge is 0.434 e. The molecule has 4 nitrogen and oxygen atoms in total. The van der Waals surface area contributed by atoms with Gasteiger partial charge in [-0.05, 0) is 12.1 Å². The number of aromatic nitrogens is 2. The summed E-state index contributed by atoms with van der Waals surface area (Å²) in [5, 5.41) is 3.54. The zero-order chi connectivity index (χ0) is 10.7. The number of hydrogen-bond donors (Lipinski definition) is 0. The van der Waals surface area contributed by atoms with Crippen LogP contribution in [0.4, 0.5) is 8.78 Å². The van der Waals surface area contributed by atoms with Crippen LogP contribution in [0.2, 0.25) is 0 Å². The normalized spacial score (nSPS) is 10.6. The fourth-order valence-corrected chi connectivity index (χ4v) is 1.14. The fourth-order valence-electron chi connectivity index (χ4n) is 1.14. The molecule has 0 aliphatic carbocycles. The molecule has 6 heteroatoms. The molecule has 78 valence electrons. The zero-order valence-electron chi connectivity index (χ0n) is 7.43. The van der Waals surface area contributed by atoms with Crippen molar-refractivity contribution in [2.45, 2.75) is 6.61 Å². The third-order valence-electron chi connectivity index (χ3n) is 1.71. The zero-order valence-corrected chi connectivity index (χ0v) is 7.43. The van der Waals surface area contributed by atoms with Crippen LogP contribution in [-0.4, -0.2) is 16.8 Å². The van der Waals surface area contributed by atoms with Gasteiger partial charge in [0, 0.05) is 0 Å². The Hall–Kier alpha value is -1.98. The van der Waals surface area contributed by atoms with Crippen LogP contribution in [0.3, 0.4) is 0 Å². The van der Waals surface area contributed by atoms with E-state index < -0.39 is 6.61 Å². The fraction of sp³-hybridized carbons (Fsp3) is 0.111. The Kier molecular flexibility index (Phi) is 2.57. The van der Waals surface area contributed by atoms with Gasteiger partial charge in [-0.25, -0.2) is 0 Å². The maximum absolute atomic E-state index is 12.1. The van der Waals surface area contributed by atoms with Crippen molar-refractivity contribution in [3.8, 4) is 17.1 Å². The van der Waals surface area contributed by atoms with Gasteiger partial charge in [-0.15, -0.1) is 0 Å². The van der Waals surface area contributed by atoms with E-state index in [1.807, 2.05) is 0 Å². The van der Waals surface area contributed by atoms with E-state index in [1.165, 1.54) is 6.07 Å². The molecule has 0 atom stereocenters. The number of halogens is 2. The van der Waals surface area contributed by atoms with Gasteiger partial charge >= 0.3 is 6.61 Å². The number of rotatable bonds is 3. The molecule has 1 aromatic heterocycles. The third-order valence-corrected chi connectivity index (χ3v) is 1.71. The van der Waals surface area contributed by atoms with Crippen molar-refractivity contribution in [2.75, 3.05) is 0 Å². The predicted molar refractivity (Wildman–Crippen MR) is 46.4 cm³/mol. The van der Waals surface area contributed by atoms with Crippen molar-refractivity contribution in [3.05, 3.63) is 30.7 Å². The molecule has 15 heavy (non-hydrogen) atoms. The van der Waals surface area contributed by atoms with Gasteiger partial charge in [0.05, 0.1) is 5.56 Å². The number of alkyl halides is 2. The molecular formula is C9H6F2N2O2. The molecule has 0 saturated carbocycles. The number of nitrogens with zero attached hydrogens (tertiary/aromatic N) is 2. The summed E-state index contributed by atoms with van der Waals surface area (Å²) in [6, 6.07) is 6.24. The Morgan fingerprint density at radius 1 is 1.27 bits per heavy atom. The molecule has 0 saturated heterocycles. The summed E-state index contributed by atoms with van der Waals surface area (Å²) in [4.78, 5) is 3.75. The Morgan fingerprint density at radius 3 is 2.73 bits per heavy atom. The molecule has 0 radical (unpaired) electrons. The molecule has 0 N–H and O–H groups in total. The van der Waals surface area contributed by atoms with Gasteiger partial charge in [0.25, 0.3) is 0 Å². The average molecular weight is 212 g/mol. The first-order valence-corrected chi connectivity index (χ1v) is 4.08. The summed E-state index contributed by atoms with van der Waals surface area (Å²) < 4.78 is 33.0. The van der Waals surface area contributed by atoms with Crippen molar-refractivity contribution in [1.29, 1.82) is 0 Å². The second-order valence-corrected chi connectivity index (χ2v) is 2.63. The van der Waals surface area contributed by atoms with Crippen LogP contribution in [0.1, 0.15) is 0 Å². The van der Waals surface area contributed by atoms with Crippen LogP contribution in [0.25, 0.3) is 11.4 Å². The smallest absolute Gasteiger partial charge is 0.387 e. The van der Waals surface area contributed by atoms with Gasteiger partial charge in [0.1, 0.15) is 5.75 Å². The first kappa shape index (κ1) is 9.57. The standard InChI is InChI=1S/C9H6F2N2O2/c10-9(11)15-7-4-2-1-3-6(7)8-12-5-14-13-8/h1-5,9H. The molecule has 1 aromatic carbocycles. The number of benzene rings is 1. The predicted octanol–water partition coefficient (Wildman–Crippen LogP) is 2.34. The van der Waals surface area contributed by atoms with E-state index in [-0.39, 0.29) is 11.6 Å². The summed E-state index contributed by atoms with van der Waals surface area (Å²) in [5.74, 6) is 0.236. The third kappa shape index (κ3) is 2.09. The molecule has 0 unspecified atom stereocenters. The second-order valence-electron chi connectivity index (χ2n) is 2.63. The quantitative estimate of drug-likeness (QED) is 0.783. The summed E-state index contributed by atoms with van der Waals surface area (Å²) in [5.41, 5.74) is 0.367. The maximum atomic E-state index is 12.1. The highest BCUT2D eigenvalue weighted by Crippen LogP contribution is 2.27. The van der Waals surface area contributed by atoms with Crippen LogP contribution in [0, 0.1) is 0 Å². The van der Waals surface area contributed by atoms with E-state index in [0.717, 1.165) is 6.39 Å². The molecule has 2 aromatic rings. The van der Waals surface area contributed by atoms with Gasteiger partial charge < -0.3 is 9.26 Å². The van der Waals surface area contributed by atoms with Gasteiger partial charge in [-0.3, -0.25) is 0 Å². The monoisotopic (exact) mass is 212 g/mol. The van der Waals surface area contributed by atoms with Crippen LogP contribution < -0.4 is 4.74 Å². The molecule has 0 amide bonds. The minimum atomic E-state index is -2.88. The van der Waals surface area contributed by atoms with Crippen molar-refractivity contribution in [1.82, 2.24) is 10.1 Å². The summed E-state index contributed by atoms with van der Waals surface area (Å²) in [6.45, 7) is -2.88. The highest BCUT2D eigenvalue weighted by Gasteiger charge is 2.13. The molecule has 0 aliphatic rings. The summed E-state index contributed by atoms with van der Waals surface area (Å²) >= 11 is 0. The first-order chi connectivity index (χ1) is 7.27. The maximum Gasteiger partial charge on any atom is 0.387 e. The van der Waals surface area contributed by atoms with E-state index in [2.05, 4.69) is 19.4 Å². The number of ether oxygens (including phenoxy) is 1. The van der Waals surface area contributed by atoms with Gasteiger partial charge in [0.15, 0.2) is 0 Å². The Labute approximate surface area is 83.5 Å². The number of hydrogen-bond acceptors (Lipinski definition) is 4. The first-order valence-electron chi connectivity index (χ1n) is 4.08. The molecule has 0 bridgehead atoms. The second kappa shape index (κ2) is 4.04. The summed E-state index contributed by atoms with van der Waals surface area (Å²) in [7, 11) is 0. The highest BCUT2D eigenvalue weighted by molar-refractivity contribution is 5.63. The van der Waals surface area contributed by atoms with Crippen molar-refractivity contribution in [3.63, 3.8) is 0 Å². The van der Waals surface area contributed by atoms with Gasteiger partial charge in [-0.2, -0.15) is 13.8 Å². The molecule has 2 rings (SSSR count). The van der Waals surface area contributed by atoms with Gasteiger partial charge in [0.2, 0.25) is 12.2 Å². The van der Waals surface area contributed by atoms with Crippen molar-refractivity contribution >= 4 is 0 Å². The van der Waals surface area contributed by atoms with Gasteiger partial charge in [-0.1, -0.05) is 17.3 Å². The van der Waals surface area contributed by atoms with E-state index in [1.54, 1.807) is 18.2 Å². The van der Waals surface area contributed by atoms with E-state index in [4.69, 9.17) is 0 Å². The van der Waals surface area contributed by atoms with Crippen LogP contribution >= 0.6 is 0 Å². The summed E-state index contributed by atoms with van der Waals surface area (Å²) in [6.07, 6.45) is 1.12. The molecular weight excluding hydrogens is 206 g/mol. The minimum Gasteiger partial charge on any atom is -0.434 e. The molecule has 0 spiro atoms. The van der Waals surface area contributed by atoms with Crippen LogP contribution in [0.15, 0.2) is 35.2 Å². The molecule has 0 fully saturated rings. The average Bonchev–Trinajstić information content (AvgIpc) is 2.70. The SMILES string of the molecule is FC(F)Oc1ccccc1-c1ncon1. The lowest BCUT2D eigenvalue weighted by Gasteiger charge is -2.06.